The molecular formula is C11H17N5. The normalized spacial score (nSPS) is 10.9. The summed E-state index contributed by atoms with van der Waals surface area (Å²) in [6.45, 7) is 5.19. The van der Waals surface area contributed by atoms with Crippen LogP contribution in [0.5, 0.6) is 0 Å². The lowest BCUT2D eigenvalue weighted by atomic mass is 10.2. The molecule has 2 aromatic rings. The van der Waals surface area contributed by atoms with Gasteiger partial charge in [0, 0.05) is 19.8 Å². The first-order chi connectivity index (χ1) is 7.76. The van der Waals surface area contributed by atoms with Crippen LogP contribution in [0.15, 0.2) is 12.5 Å². The first kappa shape index (κ1) is 10.9. The molecule has 16 heavy (non-hydrogen) atoms. The predicted octanol–water partition coefficient (Wildman–Crippen LogP) is 1.65. The van der Waals surface area contributed by atoms with Crippen molar-refractivity contribution in [1.82, 2.24) is 24.5 Å². The van der Waals surface area contributed by atoms with Crippen LogP contribution in [0.1, 0.15) is 26.0 Å². The van der Waals surface area contributed by atoms with E-state index in [0.29, 0.717) is 0 Å². The molecular weight excluding hydrogens is 202 g/mol. The molecule has 5 heteroatoms. The smallest absolute Gasteiger partial charge is 0.167 e. The molecule has 0 fully saturated rings. The Hall–Kier alpha value is -1.65. The summed E-state index contributed by atoms with van der Waals surface area (Å²) in [6, 6.07) is 0. The van der Waals surface area contributed by atoms with Crippen LogP contribution in [0.3, 0.4) is 0 Å². The van der Waals surface area contributed by atoms with E-state index in [1.807, 2.05) is 17.9 Å². The zero-order chi connectivity index (χ0) is 11.5. The Bertz CT molecular complexity index is 468. The Balaban J connectivity index is 2.45. The molecule has 0 radical (unpaired) electrons. The summed E-state index contributed by atoms with van der Waals surface area (Å²) in [5.41, 5.74) is 2.17. The highest BCUT2D eigenvalue weighted by Crippen LogP contribution is 2.20. The van der Waals surface area contributed by atoms with Crippen LogP contribution >= 0.6 is 0 Å². The average Bonchev–Trinajstić information content (AvgIpc) is 2.84. The van der Waals surface area contributed by atoms with Crippen molar-refractivity contribution in [2.24, 2.45) is 7.05 Å². The molecule has 0 saturated heterocycles. The van der Waals surface area contributed by atoms with Gasteiger partial charge in [0.1, 0.15) is 6.33 Å². The number of nitrogens with zero attached hydrogens (tertiary/aromatic N) is 5. The zero-order valence-corrected chi connectivity index (χ0v) is 10.0. The van der Waals surface area contributed by atoms with Crippen molar-refractivity contribution in [2.45, 2.75) is 33.2 Å². The first-order valence-electron chi connectivity index (χ1n) is 5.67. The fraction of sp³-hybridized carbons (Fsp3) is 0.545. The number of rotatable bonds is 4. The maximum absolute atomic E-state index is 4.42. The molecule has 0 spiro atoms. The summed E-state index contributed by atoms with van der Waals surface area (Å²) >= 11 is 0. The van der Waals surface area contributed by atoms with E-state index in [1.54, 1.807) is 6.33 Å². The summed E-state index contributed by atoms with van der Waals surface area (Å²) in [4.78, 5) is 0. The minimum Gasteiger partial charge on any atom is -0.314 e. The summed E-state index contributed by atoms with van der Waals surface area (Å²) in [5, 5.41) is 12.6. The second-order valence-electron chi connectivity index (χ2n) is 3.86. The van der Waals surface area contributed by atoms with Gasteiger partial charge < -0.3 is 4.57 Å². The van der Waals surface area contributed by atoms with Crippen molar-refractivity contribution in [3.05, 3.63) is 18.2 Å². The van der Waals surface area contributed by atoms with Crippen LogP contribution in [0.2, 0.25) is 0 Å². The minimum absolute atomic E-state index is 0.912. The highest BCUT2D eigenvalue weighted by atomic mass is 15.3. The van der Waals surface area contributed by atoms with Gasteiger partial charge in [0.15, 0.2) is 5.82 Å². The molecule has 0 bridgehead atoms. The Morgan fingerprint density at radius 3 is 2.81 bits per heavy atom. The molecule has 0 aromatic carbocycles. The Kier molecular flexibility index (Phi) is 3.03. The highest BCUT2D eigenvalue weighted by Gasteiger charge is 2.13. The number of hydrogen-bond donors (Lipinski definition) is 0. The van der Waals surface area contributed by atoms with Gasteiger partial charge in [-0.2, -0.15) is 5.10 Å². The number of hydrogen-bond acceptors (Lipinski definition) is 3. The number of aromatic nitrogens is 5. The molecule has 2 aromatic heterocycles. The van der Waals surface area contributed by atoms with Crippen LogP contribution in [0.4, 0.5) is 0 Å². The van der Waals surface area contributed by atoms with Gasteiger partial charge in [-0.15, -0.1) is 10.2 Å². The van der Waals surface area contributed by atoms with Gasteiger partial charge in [0.25, 0.3) is 0 Å². The molecule has 0 saturated carbocycles. The van der Waals surface area contributed by atoms with E-state index in [1.165, 1.54) is 0 Å². The van der Waals surface area contributed by atoms with Crippen LogP contribution in [0.25, 0.3) is 11.4 Å². The molecule has 0 N–H and O–H groups in total. The van der Waals surface area contributed by atoms with E-state index in [9.17, 15) is 0 Å². The van der Waals surface area contributed by atoms with Crippen molar-refractivity contribution in [1.29, 1.82) is 0 Å². The van der Waals surface area contributed by atoms with Crippen LogP contribution in [-0.4, -0.2) is 24.5 Å². The van der Waals surface area contributed by atoms with Crippen molar-refractivity contribution < 1.29 is 0 Å². The van der Waals surface area contributed by atoms with Gasteiger partial charge in [0.05, 0.1) is 11.3 Å². The second kappa shape index (κ2) is 4.47. The number of aryl methyl sites for hydroxylation is 3. The van der Waals surface area contributed by atoms with Gasteiger partial charge in [0.2, 0.25) is 0 Å². The summed E-state index contributed by atoms with van der Waals surface area (Å²) in [6.07, 6.45) is 5.78. The molecule has 5 nitrogen and oxygen atoms in total. The summed E-state index contributed by atoms with van der Waals surface area (Å²) in [5.74, 6) is 0.923. The molecule has 0 aliphatic carbocycles. The van der Waals surface area contributed by atoms with Crippen molar-refractivity contribution in [3.8, 4) is 11.4 Å². The molecule has 0 atom stereocenters. The molecule has 2 heterocycles. The van der Waals surface area contributed by atoms with E-state index >= 15 is 0 Å². The van der Waals surface area contributed by atoms with Crippen molar-refractivity contribution in [3.63, 3.8) is 0 Å². The minimum atomic E-state index is 0.912. The lowest BCUT2D eigenvalue weighted by molar-refractivity contribution is 0.682. The van der Waals surface area contributed by atoms with E-state index in [0.717, 1.165) is 36.5 Å². The molecule has 0 amide bonds. The van der Waals surface area contributed by atoms with Gasteiger partial charge in [-0.05, 0) is 12.8 Å². The maximum Gasteiger partial charge on any atom is 0.167 e. The zero-order valence-electron chi connectivity index (χ0n) is 10.0. The molecule has 2 rings (SSSR count). The Morgan fingerprint density at radius 2 is 2.12 bits per heavy atom. The monoisotopic (exact) mass is 219 g/mol. The van der Waals surface area contributed by atoms with E-state index in [-0.39, 0.29) is 0 Å². The SMILES string of the molecule is CCCn1cnnc1-c1cn(C)nc1CC. The molecule has 0 aliphatic heterocycles. The quantitative estimate of drug-likeness (QED) is 0.785. The fourth-order valence-electron chi connectivity index (χ4n) is 1.85. The third-order valence-electron chi connectivity index (χ3n) is 2.56. The topological polar surface area (TPSA) is 48.5 Å². The first-order valence-corrected chi connectivity index (χ1v) is 5.67. The van der Waals surface area contributed by atoms with E-state index in [2.05, 4.69) is 33.7 Å². The standard InChI is InChI=1S/C11H17N5/c1-4-6-16-8-12-13-11(16)9-7-15(3)14-10(9)5-2/h7-8H,4-6H2,1-3H3. The van der Waals surface area contributed by atoms with Crippen molar-refractivity contribution >= 4 is 0 Å². The van der Waals surface area contributed by atoms with Gasteiger partial charge in [-0.1, -0.05) is 13.8 Å². The van der Waals surface area contributed by atoms with Crippen LogP contribution < -0.4 is 0 Å². The molecule has 86 valence electrons. The summed E-state index contributed by atoms with van der Waals surface area (Å²) in [7, 11) is 1.93. The lowest BCUT2D eigenvalue weighted by Gasteiger charge is -2.03. The lowest BCUT2D eigenvalue weighted by Crippen LogP contribution is -1.99. The Morgan fingerprint density at radius 1 is 1.31 bits per heavy atom. The average molecular weight is 219 g/mol. The Labute approximate surface area is 95.1 Å². The summed E-state index contributed by atoms with van der Waals surface area (Å²) < 4.78 is 3.91. The van der Waals surface area contributed by atoms with Gasteiger partial charge in [-0.25, -0.2) is 0 Å². The van der Waals surface area contributed by atoms with E-state index in [4.69, 9.17) is 0 Å². The second-order valence-corrected chi connectivity index (χ2v) is 3.86. The fourth-order valence-corrected chi connectivity index (χ4v) is 1.85. The molecule has 0 aliphatic rings. The van der Waals surface area contributed by atoms with Crippen molar-refractivity contribution in [2.75, 3.05) is 0 Å². The predicted molar refractivity (Wildman–Crippen MR) is 61.9 cm³/mol. The largest absolute Gasteiger partial charge is 0.314 e. The maximum atomic E-state index is 4.42. The van der Waals surface area contributed by atoms with Gasteiger partial charge in [-0.3, -0.25) is 4.68 Å². The molecule has 0 unspecified atom stereocenters. The van der Waals surface area contributed by atoms with Gasteiger partial charge >= 0.3 is 0 Å². The van der Waals surface area contributed by atoms with Crippen LogP contribution in [-0.2, 0) is 20.0 Å². The highest BCUT2D eigenvalue weighted by molar-refractivity contribution is 5.57. The van der Waals surface area contributed by atoms with Crippen LogP contribution in [0, 0.1) is 0 Å². The third-order valence-corrected chi connectivity index (χ3v) is 2.56. The van der Waals surface area contributed by atoms with E-state index < -0.39 is 0 Å². The third kappa shape index (κ3) is 1.85.